The van der Waals surface area contributed by atoms with Crippen LogP contribution in [-0.4, -0.2) is 34.1 Å². The van der Waals surface area contributed by atoms with E-state index in [1.807, 2.05) is 20.8 Å². The van der Waals surface area contributed by atoms with Crippen LogP contribution in [0.2, 0.25) is 0 Å². The number of rotatable bonds is 4. The number of amides is 1. The van der Waals surface area contributed by atoms with E-state index in [9.17, 15) is 4.79 Å². The highest BCUT2D eigenvalue weighted by Crippen LogP contribution is 2.31. The molecule has 0 saturated carbocycles. The zero-order valence-corrected chi connectivity index (χ0v) is 14.3. The van der Waals surface area contributed by atoms with Crippen molar-refractivity contribution in [2.24, 2.45) is 0 Å². The van der Waals surface area contributed by atoms with Gasteiger partial charge in [0, 0.05) is 24.9 Å². The van der Waals surface area contributed by atoms with E-state index in [4.69, 9.17) is 4.74 Å². The molecule has 0 bridgehead atoms. The van der Waals surface area contributed by atoms with Crippen LogP contribution in [-0.2, 0) is 4.74 Å². The molecule has 1 fully saturated rings. The number of aromatic nitrogens is 3. The first-order valence-corrected chi connectivity index (χ1v) is 8.55. The van der Waals surface area contributed by atoms with Crippen molar-refractivity contribution in [3.05, 3.63) is 33.7 Å². The van der Waals surface area contributed by atoms with Crippen molar-refractivity contribution in [3.63, 3.8) is 0 Å². The van der Waals surface area contributed by atoms with Crippen molar-refractivity contribution in [1.82, 2.24) is 15.0 Å². The maximum absolute atomic E-state index is 12.6. The molecule has 3 rings (SSSR count). The minimum atomic E-state index is -0.174. The molecule has 0 aliphatic carbocycles. The van der Waals surface area contributed by atoms with Crippen LogP contribution in [0.15, 0.2) is 12.4 Å². The number of ether oxygens (including phenoxy) is 1. The van der Waals surface area contributed by atoms with Gasteiger partial charge in [0.25, 0.3) is 5.91 Å². The first kappa shape index (κ1) is 16.0. The largest absolute Gasteiger partial charge is 0.381 e. The molecule has 6 nitrogen and oxygen atoms in total. The second-order valence-electron chi connectivity index (χ2n) is 5.93. The van der Waals surface area contributed by atoms with Gasteiger partial charge < -0.3 is 10.1 Å². The van der Waals surface area contributed by atoms with Crippen LogP contribution >= 0.6 is 11.3 Å². The van der Waals surface area contributed by atoms with Gasteiger partial charge in [-0.15, -0.1) is 11.3 Å². The van der Waals surface area contributed by atoms with Gasteiger partial charge in [-0.1, -0.05) is 13.8 Å². The maximum atomic E-state index is 12.6. The number of hydrogen-bond donors (Lipinski definition) is 1. The third-order valence-electron chi connectivity index (χ3n) is 3.80. The van der Waals surface area contributed by atoms with Crippen LogP contribution in [0.4, 0.5) is 5.82 Å². The van der Waals surface area contributed by atoms with Crippen molar-refractivity contribution < 1.29 is 9.53 Å². The summed E-state index contributed by atoms with van der Waals surface area (Å²) in [6, 6.07) is 0. The van der Waals surface area contributed by atoms with Gasteiger partial charge in [-0.25, -0.2) is 9.97 Å². The number of nitrogens with zero attached hydrogens (tertiary/aromatic N) is 3. The molecule has 7 heteroatoms. The summed E-state index contributed by atoms with van der Waals surface area (Å²) >= 11 is 1.45. The number of thiazole rings is 1. The Morgan fingerprint density at radius 3 is 2.87 bits per heavy atom. The van der Waals surface area contributed by atoms with Crippen LogP contribution in [0.3, 0.4) is 0 Å². The number of anilines is 1. The normalized spacial score (nSPS) is 17.7. The fourth-order valence-corrected chi connectivity index (χ4v) is 3.65. The fraction of sp³-hybridized carbons (Fsp3) is 0.500. The van der Waals surface area contributed by atoms with Crippen LogP contribution in [0.5, 0.6) is 0 Å². The predicted octanol–water partition coefficient (Wildman–Crippen LogP) is 3.12. The molecule has 0 aromatic carbocycles. The summed E-state index contributed by atoms with van der Waals surface area (Å²) in [4.78, 5) is 26.3. The van der Waals surface area contributed by atoms with E-state index in [0.29, 0.717) is 23.2 Å². The molecule has 0 radical (unpaired) electrons. The molecule has 1 aliphatic rings. The molecule has 3 heterocycles. The summed E-state index contributed by atoms with van der Waals surface area (Å²) in [6.45, 7) is 7.37. The van der Waals surface area contributed by atoms with Crippen molar-refractivity contribution in [1.29, 1.82) is 0 Å². The molecule has 1 N–H and O–H groups in total. The second-order valence-corrected chi connectivity index (χ2v) is 6.96. The van der Waals surface area contributed by atoms with E-state index in [1.165, 1.54) is 11.3 Å². The Kier molecular flexibility index (Phi) is 4.68. The number of carbonyl (C=O) groups excluding carboxylic acids is 1. The average molecular weight is 332 g/mol. The number of nitrogens with one attached hydrogen (secondary N) is 1. The van der Waals surface area contributed by atoms with Crippen LogP contribution in [0.25, 0.3) is 0 Å². The first-order valence-electron chi connectivity index (χ1n) is 7.73. The molecule has 1 atom stereocenters. The van der Waals surface area contributed by atoms with E-state index in [1.54, 1.807) is 12.4 Å². The standard InChI is InChI=1S/C16H20N4O2S/c1-9(2)12-14(18-6-5-17-12)20-15(21)13-10(3)19-16(23-13)11-4-7-22-8-11/h5-6,9,11H,4,7-8H2,1-3H3,(H,18,20,21). The van der Waals surface area contributed by atoms with Crippen molar-refractivity contribution >= 4 is 23.1 Å². The minimum Gasteiger partial charge on any atom is -0.381 e. The molecule has 0 spiro atoms. The quantitative estimate of drug-likeness (QED) is 0.931. The van der Waals surface area contributed by atoms with Gasteiger partial charge in [0.15, 0.2) is 5.82 Å². The van der Waals surface area contributed by atoms with Gasteiger partial charge in [-0.3, -0.25) is 9.78 Å². The lowest BCUT2D eigenvalue weighted by molar-refractivity contribution is 0.102. The van der Waals surface area contributed by atoms with E-state index in [0.717, 1.165) is 29.4 Å². The summed E-state index contributed by atoms with van der Waals surface area (Å²) < 4.78 is 5.41. The van der Waals surface area contributed by atoms with Gasteiger partial charge in [-0.2, -0.15) is 0 Å². The molecule has 2 aromatic rings. The van der Waals surface area contributed by atoms with E-state index < -0.39 is 0 Å². The lowest BCUT2D eigenvalue weighted by atomic mass is 10.1. The third-order valence-corrected chi connectivity index (χ3v) is 5.12. The highest BCUT2D eigenvalue weighted by molar-refractivity contribution is 7.14. The van der Waals surface area contributed by atoms with Gasteiger partial charge >= 0.3 is 0 Å². The zero-order valence-electron chi connectivity index (χ0n) is 13.5. The Hall–Kier alpha value is -1.86. The molecule has 122 valence electrons. The maximum Gasteiger partial charge on any atom is 0.268 e. The average Bonchev–Trinajstić information content (AvgIpc) is 3.16. The van der Waals surface area contributed by atoms with E-state index >= 15 is 0 Å². The first-order chi connectivity index (χ1) is 11.1. The summed E-state index contributed by atoms with van der Waals surface area (Å²) in [6.07, 6.45) is 4.19. The van der Waals surface area contributed by atoms with Crippen molar-refractivity contribution in [2.75, 3.05) is 18.5 Å². The van der Waals surface area contributed by atoms with Crippen LogP contribution < -0.4 is 5.32 Å². The zero-order chi connectivity index (χ0) is 16.4. The Morgan fingerprint density at radius 2 is 2.17 bits per heavy atom. The highest BCUT2D eigenvalue weighted by Gasteiger charge is 2.25. The van der Waals surface area contributed by atoms with Crippen LogP contribution in [0.1, 0.15) is 58.2 Å². The Bertz CT molecular complexity index is 708. The minimum absolute atomic E-state index is 0.174. The molecule has 2 aromatic heterocycles. The van der Waals surface area contributed by atoms with Gasteiger partial charge in [0.05, 0.1) is 23.0 Å². The smallest absolute Gasteiger partial charge is 0.268 e. The number of hydrogen-bond acceptors (Lipinski definition) is 6. The van der Waals surface area contributed by atoms with Gasteiger partial charge in [-0.05, 0) is 19.3 Å². The Balaban J connectivity index is 1.81. The van der Waals surface area contributed by atoms with E-state index in [-0.39, 0.29) is 11.8 Å². The molecule has 1 aliphatic heterocycles. The molecule has 1 unspecified atom stereocenters. The van der Waals surface area contributed by atoms with Crippen molar-refractivity contribution in [3.8, 4) is 0 Å². The molecular formula is C16H20N4O2S. The summed E-state index contributed by atoms with van der Waals surface area (Å²) in [5.74, 6) is 0.842. The summed E-state index contributed by atoms with van der Waals surface area (Å²) in [5.41, 5.74) is 1.54. The topological polar surface area (TPSA) is 77.0 Å². The lowest BCUT2D eigenvalue weighted by Crippen LogP contribution is -2.15. The van der Waals surface area contributed by atoms with E-state index in [2.05, 4.69) is 20.3 Å². The highest BCUT2D eigenvalue weighted by atomic mass is 32.1. The van der Waals surface area contributed by atoms with Gasteiger partial charge in [0.1, 0.15) is 4.88 Å². The fourth-order valence-electron chi connectivity index (χ4n) is 2.56. The Labute approximate surface area is 139 Å². The van der Waals surface area contributed by atoms with Crippen molar-refractivity contribution in [2.45, 2.75) is 39.0 Å². The number of carbonyl (C=O) groups is 1. The predicted molar refractivity (Wildman–Crippen MR) is 89.1 cm³/mol. The monoisotopic (exact) mass is 332 g/mol. The molecule has 1 amide bonds. The summed E-state index contributed by atoms with van der Waals surface area (Å²) in [5, 5.41) is 3.86. The Morgan fingerprint density at radius 1 is 1.39 bits per heavy atom. The molecule has 1 saturated heterocycles. The summed E-state index contributed by atoms with van der Waals surface area (Å²) in [7, 11) is 0. The number of aryl methyl sites for hydroxylation is 1. The molecular weight excluding hydrogens is 312 g/mol. The van der Waals surface area contributed by atoms with Crippen LogP contribution in [0, 0.1) is 6.92 Å². The molecule has 23 heavy (non-hydrogen) atoms. The SMILES string of the molecule is Cc1nc(C2CCOC2)sc1C(=O)Nc1nccnc1C(C)C. The second kappa shape index (κ2) is 6.72. The lowest BCUT2D eigenvalue weighted by Gasteiger charge is -2.10. The van der Waals surface area contributed by atoms with Gasteiger partial charge in [0.2, 0.25) is 0 Å². The third kappa shape index (κ3) is 3.40.